The van der Waals surface area contributed by atoms with Gasteiger partial charge in [-0.1, -0.05) is 0 Å². The largest absolute Gasteiger partial charge is 0.497 e. The van der Waals surface area contributed by atoms with Gasteiger partial charge in [0.2, 0.25) is 15.9 Å². The molecule has 0 saturated heterocycles. The Morgan fingerprint density at radius 2 is 1.94 bits per heavy atom. The zero-order chi connectivity index (χ0) is 23.0. The smallest absolute Gasteiger partial charge is 0.241 e. The molecule has 1 aliphatic heterocycles. The minimum atomic E-state index is -3.94. The molecule has 10 heteroatoms. The van der Waals surface area contributed by atoms with Crippen molar-refractivity contribution in [2.24, 2.45) is 0 Å². The predicted octanol–water partition coefficient (Wildman–Crippen LogP) is 3.16. The van der Waals surface area contributed by atoms with E-state index in [4.69, 9.17) is 9.47 Å². The van der Waals surface area contributed by atoms with Gasteiger partial charge in [-0.3, -0.25) is 9.10 Å². The van der Waals surface area contributed by atoms with E-state index in [0.29, 0.717) is 23.5 Å². The Hall–Kier alpha value is -2.88. The van der Waals surface area contributed by atoms with Crippen molar-refractivity contribution in [2.75, 3.05) is 24.2 Å². The third-order valence-corrected chi connectivity index (χ3v) is 6.03. The normalized spacial score (nSPS) is 17.3. The van der Waals surface area contributed by atoms with E-state index < -0.39 is 45.8 Å². The molecule has 0 spiro atoms. The van der Waals surface area contributed by atoms with E-state index in [-0.39, 0.29) is 5.69 Å². The third-order valence-electron chi connectivity index (χ3n) is 4.89. The average Bonchev–Trinajstić information content (AvgIpc) is 2.66. The zero-order valence-corrected chi connectivity index (χ0v) is 18.4. The second kappa shape index (κ2) is 8.33. The van der Waals surface area contributed by atoms with Crippen molar-refractivity contribution in [3.8, 4) is 11.5 Å². The van der Waals surface area contributed by atoms with Crippen molar-refractivity contribution in [1.82, 2.24) is 5.32 Å². The van der Waals surface area contributed by atoms with E-state index in [0.717, 1.165) is 28.8 Å². The maximum absolute atomic E-state index is 13.6. The van der Waals surface area contributed by atoms with Crippen LogP contribution < -0.4 is 19.1 Å². The van der Waals surface area contributed by atoms with Crippen molar-refractivity contribution < 1.29 is 31.5 Å². The number of carbonyl (C=O) groups excluding carboxylic acids is 1. The first-order chi connectivity index (χ1) is 14.4. The van der Waals surface area contributed by atoms with Crippen molar-refractivity contribution in [3.05, 3.63) is 53.6 Å². The molecule has 1 amide bonds. The predicted molar refractivity (Wildman–Crippen MR) is 112 cm³/mol. The molecule has 168 valence electrons. The number of rotatable bonds is 6. The zero-order valence-electron chi connectivity index (χ0n) is 17.6. The lowest BCUT2D eigenvalue weighted by Crippen LogP contribution is -2.45. The first kappa shape index (κ1) is 22.8. The summed E-state index contributed by atoms with van der Waals surface area (Å²) in [7, 11) is -2.42. The molecule has 1 unspecified atom stereocenters. The number of hydrogen-bond acceptors (Lipinski definition) is 5. The summed E-state index contributed by atoms with van der Waals surface area (Å²) in [4.78, 5) is 12.8. The van der Waals surface area contributed by atoms with Crippen LogP contribution in [0, 0.1) is 11.6 Å². The van der Waals surface area contributed by atoms with Crippen LogP contribution in [0.4, 0.5) is 14.5 Å². The van der Waals surface area contributed by atoms with Crippen LogP contribution in [-0.4, -0.2) is 39.8 Å². The Bertz CT molecular complexity index is 1100. The van der Waals surface area contributed by atoms with Gasteiger partial charge in [0.15, 0.2) is 11.6 Å². The van der Waals surface area contributed by atoms with Crippen LogP contribution in [0.1, 0.15) is 31.9 Å². The summed E-state index contributed by atoms with van der Waals surface area (Å²) in [6, 6.07) is 7.43. The molecule has 0 fully saturated rings. The number of sulfonamides is 1. The van der Waals surface area contributed by atoms with Gasteiger partial charge in [-0.25, -0.2) is 17.2 Å². The summed E-state index contributed by atoms with van der Waals surface area (Å²) in [6.45, 7) is 3.16. The van der Waals surface area contributed by atoms with Crippen molar-refractivity contribution in [1.29, 1.82) is 0 Å². The van der Waals surface area contributed by atoms with Gasteiger partial charge in [0.1, 0.15) is 23.6 Å². The highest BCUT2D eigenvalue weighted by Gasteiger charge is 2.35. The molecule has 0 aromatic heterocycles. The van der Waals surface area contributed by atoms with Gasteiger partial charge in [-0.2, -0.15) is 0 Å². The Balaban J connectivity index is 1.86. The fraction of sp³-hybridized carbons (Fsp3) is 0.381. The Labute approximate surface area is 180 Å². The molecule has 2 aromatic carbocycles. The number of amides is 1. The van der Waals surface area contributed by atoms with Crippen molar-refractivity contribution in [3.63, 3.8) is 0 Å². The summed E-state index contributed by atoms with van der Waals surface area (Å²) in [6.07, 6.45) is 1.32. The number of ether oxygens (including phenoxy) is 2. The first-order valence-electron chi connectivity index (χ1n) is 9.49. The molecule has 1 N–H and O–H groups in total. The molecule has 1 heterocycles. The highest BCUT2D eigenvalue weighted by Crippen LogP contribution is 2.41. The van der Waals surface area contributed by atoms with Gasteiger partial charge in [0.05, 0.1) is 25.1 Å². The van der Waals surface area contributed by atoms with Crippen LogP contribution in [-0.2, 0) is 14.8 Å². The van der Waals surface area contributed by atoms with Crippen LogP contribution in [0.2, 0.25) is 0 Å². The van der Waals surface area contributed by atoms with Crippen molar-refractivity contribution >= 4 is 21.6 Å². The maximum Gasteiger partial charge on any atom is 0.241 e. The number of methoxy groups -OCH3 is 1. The molecular weight excluding hydrogens is 430 g/mol. The lowest BCUT2D eigenvalue weighted by atomic mass is 9.89. The first-order valence-corrected chi connectivity index (χ1v) is 11.3. The second-order valence-electron chi connectivity index (χ2n) is 7.96. The van der Waals surface area contributed by atoms with E-state index in [1.54, 1.807) is 18.2 Å². The molecule has 1 aliphatic rings. The summed E-state index contributed by atoms with van der Waals surface area (Å²) in [5, 5.41) is 2.83. The van der Waals surface area contributed by atoms with Crippen molar-refractivity contribution in [2.45, 2.75) is 31.9 Å². The van der Waals surface area contributed by atoms with Gasteiger partial charge in [-0.15, -0.1) is 0 Å². The number of nitrogens with one attached hydrogen (secondary N) is 1. The lowest BCUT2D eigenvalue weighted by molar-refractivity contribution is -0.120. The topological polar surface area (TPSA) is 84.9 Å². The molecule has 7 nitrogen and oxygen atoms in total. The molecule has 0 radical (unpaired) electrons. The molecule has 3 rings (SSSR count). The molecule has 31 heavy (non-hydrogen) atoms. The van der Waals surface area contributed by atoms with Crippen LogP contribution in [0.5, 0.6) is 11.5 Å². The van der Waals surface area contributed by atoms with Gasteiger partial charge < -0.3 is 14.8 Å². The fourth-order valence-corrected chi connectivity index (χ4v) is 4.35. The van der Waals surface area contributed by atoms with E-state index in [1.165, 1.54) is 7.11 Å². The second-order valence-corrected chi connectivity index (χ2v) is 9.86. The summed E-state index contributed by atoms with van der Waals surface area (Å²) >= 11 is 0. The van der Waals surface area contributed by atoms with E-state index in [9.17, 15) is 22.0 Å². The number of halogens is 2. The van der Waals surface area contributed by atoms with E-state index in [2.05, 4.69) is 5.32 Å². The minimum absolute atomic E-state index is 0.147. The molecule has 2 aromatic rings. The third kappa shape index (κ3) is 5.25. The van der Waals surface area contributed by atoms with Gasteiger partial charge in [0, 0.05) is 18.1 Å². The molecule has 1 atom stereocenters. The Kier molecular flexibility index (Phi) is 6.13. The number of carbonyl (C=O) groups is 1. The average molecular weight is 454 g/mol. The van der Waals surface area contributed by atoms with Gasteiger partial charge in [0.25, 0.3) is 0 Å². The van der Waals surface area contributed by atoms with Gasteiger partial charge >= 0.3 is 0 Å². The number of benzene rings is 2. The van der Waals surface area contributed by atoms with Gasteiger partial charge in [-0.05, 0) is 44.2 Å². The number of fused-ring (bicyclic) bond motifs is 1. The van der Waals surface area contributed by atoms with Crippen LogP contribution in [0.3, 0.4) is 0 Å². The molecule has 0 bridgehead atoms. The number of hydrogen-bond donors (Lipinski definition) is 1. The molecule has 0 aliphatic carbocycles. The van der Waals surface area contributed by atoms with Crippen LogP contribution in [0.15, 0.2) is 36.4 Å². The fourth-order valence-electron chi connectivity index (χ4n) is 3.50. The summed E-state index contributed by atoms with van der Waals surface area (Å²) < 4.78 is 63.3. The highest BCUT2D eigenvalue weighted by molar-refractivity contribution is 7.92. The monoisotopic (exact) mass is 454 g/mol. The lowest BCUT2D eigenvalue weighted by Gasteiger charge is -2.38. The van der Waals surface area contributed by atoms with Crippen LogP contribution in [0.25, 0.3) is 0 Å². The Morgan fingerprint density at radius 1 is 1.23 bits per heavy atom. The quantitative estimate of drug-likeness (QED) is 0.725. The number of anilines is 1. The van der Waals surface area contributed by atoms with Crippen LogP contribution >= 0.6 is 0 Å². The molecule has 0 saturated carbocycles. The molecular formula is C21H24F2N2O5S. The SMILES string of the molecule is COc1ccc2c(c1)C(NC(=O)CN(c1ccc(F)c(F)c1)S(C)(=O)=O)CC(C)(C)O2. The number of nitrogens with zero attached hydrogens (tertiary/aromatic N) is 1. The van der Waals surface area contributed by atoms with E-state index >= 15 is 0 Å². The summed E-state index contributed by atoms with van der Waals surface area (Å²) in [5.74, 6) is -1.76. The minimum Gasteiger partial charge on any atom is -0.497 e. The Morgan fingerprint density at radius 3 is 2.55 bits per heavy atom. The standard InChI is InChI=1S/C21H24F2N2O5S/c1-21(2)11-18(15-10-14(29-3)6-8-19(15)30-21)24-20(26)12-25(31(4,27)28)13-5-7-16(22)17(23)9-13/h5-10,18H,11-12H2,1-4H3,(H,24,26). The maximum atomic E-state index is 13.6. The highest BCUT2D eigenvalue weighted by atomic mass is 32.2. The van der Waals surface area contributed by atoms with E-state index in [1.807, 2.05) is 13.8 Å². The summed E-state index contributed by atoms with van der Waals surface area (Å²) in [5.41, 5.74) is -0.0208.